The van der Waals surface area contributed by atoms with Gasteiger partial charge in [0.25, 0.3) is 15.9 Å². The zero-order chi connectivity index (χ0) is 19.0. The summed E-state index contributed by atoms with van der Waals surface area (Å²) in [5, 5.41) is 2.64. The summed E-state index contributed by atoms with van der Waals surface area (Å²) in [5.41, 5.74) is 1.20. The van der Waals surface area contributed by atoms with Crippen LogP contribution in [0, 0.1) is 5.82 Å². The molecule has 2 aliphatic rings. The second-order valence-electron chi connectivity index (χ2n) is 6.59. The Kier molecular flexibility index (Phi) is 4.43. The molecule has 6 nitrogen and oxygen atoms in total. The summed E-state index contributed by atoms with van der Waals surface area (Å²) in [7, 11) is -3.85. The molecule has 1 N–H and O–H groups in total. The number of nitrogens with one attached hydrogen (secondary N) is 1. The van der Waals surface area contributed by atoms with Crippen LogP contribution >= 0.6 is 0 Å². The maximum absolute atomic E-state index is 13.0. The van der Waals surface area contributed by atoms with Crippen molar-refractivity contribution in [1.29, 1.82) is 0 Å². The van der Waals surface area contributed by atoms with E-state index >= 15 is 0 Å². The number of rotatable bonds is 2. The number of hydrogen-bond acceptors (Lipinski definition) is 4. The average Bonchev–Trinajstić information content (AvgIpc) is 2.88. The summed E-state index contributed by atoms with van der Waals surface area (Å²) >= 11 is 0. The monoisotopic (exact) mass is 387 g/mol. The lowest BCUT2D eigenvalue weighted by Gasteiger charge is -2.29. The van der Waals surface area contributed by atoms with E-state index in [1.807, 2.05) is 4.90 Å². The molecule has 140 valence electrons. The van der Waals surface area contributed by atoms with Gasteiger partial charge in [-0.25, -0.2) is 4.39 Å². The molecule has 1 saturated heterocycles. The highest BCUT2D eigenvalue weighted by Gasteiger charge is 2.32. The van der Waals surface area contributed by atoms with Crippen LogP contribution in [0.15, 0.2) is 51.8 Å². The summed E-state index contributed by atoms with van der Waals surface area (Å²) in [6.07, 6.45) is 3.54. The molecule has 0 aromatic heterocycles. The van der Waals surface area contributed by atoms with Crippen molar-refractivity contribution in [3.63, 3.8) is 0 Å². The molecule has 0 radical (unpaired) electrons. The van der Waals surface area contributed by atoms with Gasteiger partial charge in [-0.15, -0.1) is 4.40 Å². The van der Waals surface area contributed by atoms with Crippen LogP contribution in [-0.4, -0.2) is 26.7 Å². The molecule has 1 fully saturated rings. The minimum atomic E-state index is -3.85. The third-order valence-electron chi connectivity index (χ3n) is 4.71. The number of hydrogen-bond donors (Lipinski definition) is 1. The molecule has 4 rings (SSSR count). The van der Waals surface area contributed by atoms with E-state index in [4.69, 9.17) is 0 Å². The third kappa shape index (κ3) is 3.44. The fraction of sp³-hybridized carbons (Fsp3) is 0.263. The van der Waals surface area contributed by atoms with Crippen molar-refractivity contribution in [1.82, 2.24) is 0 Å². The van der Waals surface area contributed by atoms with Crippen LogP contribution in [0.4, 0.5) is 15.8 Å². The lowest BCUT2D eigenvalue weighted by atomic mass is 10.1. The van der Waals surface area contributed by atoms with Crippen LogP contribution in [0.25, 0.3) is 0 Å². The number of carbonyl (C=O) groups excluding carboxylic acids is 1. The van der Waals surface area contributed by atoms with E-state index < -0.39 is 21.7 Å². The van der Waals surface area contributed by atoms with E-state index in [0.29, 0.717) is 30.2 Å². The molecular formula is C19H18FN3O3S. The molecule has 1 amide bonds. The largest absolute Gasteiger partial charge is 0.328 e. The SMILES string of the molecule is O=C(Nc1ccc(F)cc1)c1ccc2c(c1)S(=O)(=O)N=C1CCCCCN12. The highest BCUT2D eigenvalue weighted by atomic mass is 32.2. The predicted octanol–water partition coefficient (Wildman–Crippen LogP) is 3.56. The Morgan fingerprint density at radius 1 is 1.07 bits per heavy atom. The van der Waals surface area contributed by atoms with Gasteiger partial charge < -0.3 is 10.2 Å². The van der Waals surface area contributed by atoms with Crippen molar-refractivity contribution in [2.24, 2.45) is 4.40 Å². The molecule has 2 aromatic carbocycles. The van der Waals surface area contributed by atoms with Gasteiger partial charge in [-0.3, -0.25) is 4.79 Å². The molecule has 0 saturated carbocycles. The molecule has 0 unspecified atom stereocenters. The zero-order valence-electron chi connectivity index (χ0n) is 14.5. The molecule has 0 aliphatic carbocycles. The van der Waals surface area contributed by atoms with Gasteiger partial charge in [-0.1, -0.05) is 6.42 Å². The normalized spacial score (nSPS) is 18.0. The number of anilines is 2. The first kappa shape index (κ1) is 17.7. The number of amidine groups is 1. The van der Waals surface area contributed by atoms with Crippen molar-refractivity contribution < 1.29 is 17.6 Å². The van der Waals surface area contributed by atoms with E-state index in [-0.39, 0.29) is 10.5 Å². The first-order chi connectivity index (χ1) is 12.9. The lowest BCUT2D eigenvalue weighted by Crippen LogP contribution is -2.35. The highest BCUT2D eigenvalue weighted by Crippen LogP contribution is 2.35. The van der Waals surface area contributed by atoms with E-state index in [2.05, 4.69) is 9.71 Å². The van der Waals surface area contributed by atoms with Crippen LogP contribution in [-0.2, 0) is 10.0 Å². The number of fused-ring (bicyclic) bond motifs is 3. The van der Waals surface area contributed by atoms with Gasteiger partial charge in [-0.2, -0.15) is 8.42 Å². The lowest BCUT2D eigenvalue weighted by molar-refractivity contribution is 0.102. The van der Waals surface area contributed by atoms with Gasteiger partial charge in [0.15, 0.2) is 0 Å². The molecule has 0 spiro atoms. The quantitative estimate of drug-likeness (QED) is 0.855. The molecule has 27 heavy (non-hydrogen) atoms. The van der Waals surface area contributed by atoms with Crippen LogP contribution in [0.2, 0.25) is 0 Å². The summed E-state index contributed by atoms with van der Waals surface area (Å²) < 4.78 is 42.2. The molecule has 0 bridgehead atoms. The van der Waals surface area contributed by atoms with Gasteiger partial charge in [0.1, 0.15) is 16.5 Å². The third-order valence-corrected chi connectivity index (χ3v) is 6.05. The first-order valence-electron chi connectivity index (χ1n) is 8.76. The maximum atomic E-state index is 13.0. The van der Waals surface area contributed by atoms with Crippen molar-refractivity contribution in [2.45, 2.75) is 30.6 Å². The molecule has 0 atom stereocenters. The fourth-order valence-electron chi connectivity index (χ4n) is 3.36. The summed E-state index contributed by atoms with van der Waals surface area (Å²) in [6, 6.07) is 9.97. The van der Waals surface area contributed by atoms with E-state index in [9.17, 15) is 17.6 Å². The van der Waals surface area contributed by atoms with Gasteiger partial charge in [-0.05, 0) is 55.3 Å². The number of amides is 1. The summed E-state index contributed by atoms with van der Waals surface area (Å²) in [5.74, 6) is -0.298. The van der Waals surface area contributed by atoms with E-state index in [1.54, 1.807) is 12.1 Å². The van der Waals surface area contributed by atoms with Crippen molar-refractivity contribution in [2.75, 3.05) is 16.8 Å². The van der Waals surface area contributed by atoms with Gasteiger partial charge in [0.05, 0.1) is 5.69 Å². The second-order valence-corrected chi connectivity index (χ2v) is 8.16. The smallest absolute Gasteiger partial charge is 0.286 e. The van der Waals surface area contributed by atoms with Gasteiger partial charge in [0.2, 0.25) is 0 Å². The Bertz CT molecular complexity index is 1030. The Morgan fingerprint density at radius 2 is 1.85 bits per heavy atom. The van der Waals surface area contributed by atoms with Gasteiger partial charge in [0, 0.05) is 24.2 Å². The van der Waals surface area contributed by atoms with E-state index in [1.165, 1.54) is 30.3 Å². The number of halogens is 1. The molecule has 2 aromatic rings. The molecule has 8 heteroatoms. The fourth-order valence-corrected chi connectivity index (χ4v) is 4.64. The van der Waals surface area contributed by atoms with Crippen LogP contribution in [0.5, 0.6) is 0 Å². The number of benzene rings is 2. The molecule has 2 heterocycles. The Morgan fingerprint density at radius 3 is 2.63 bits per heavy atom. The molecule has 2 aliphatic heterocycles. The average molecular weight is 387 g/mol. The van der Waals surface area contributed by atoms with E-state index in [0.717, 1.165) is 19.3 Å². The standard InChI is InChI=1S/C19H18FN3O3S/c20-14-6-8-15(9-7-14)21-19(24)13-5-10-16-17(12-13)27(25,26)22-18-4-2-1-3-11-23(16)18/h5-10,12H,1-4,11H2,(H,21,24). The highest BCUT2D eigenvalue weighted by molar-refractivity contribution is 7.90. The summed E-state index contributed by atoms with van der Waals surface area (Å²) in [4.78, 5) is 14.5. The van der Waals surface area contributed by atoms with Crippen molar-refractivity contribution in [3.05, 3.63) is 53.8 Å². The van der Waals surface area contributed by atoms with Gasteiger partial charge >= 0.3 is 0 Å². The number of carbonyl (C=O) groups is 1. The second kappa shape index (κ2) is 6.77. The maximum Gasteiger partial charge on any atom is 0.286 e. The topological polar surface area (TPSA) is 78.8 Å². The first-order valence-corrected chi connectivity index (χ1v) is 10.2. The Labute approximate surface area is 156 Å². The van der Waals surface area contributed by atoms with Crippen LogP contribution < -0.4 is 10.2 Å². The molecular weight excluding hydrogens is 369 g/mol. The minimum Gasteiger partial charge on any atom is -0.328 e. The van der Waals surface area contributed by atoms with Crippen LogP contribution in [0.1, 0.15) is 36.0 Å². The van der Waals surface area contributed by atoms with Crippen molar-refractivity contribution in [3.8, 4) is 0 Å². The van der Waals surface area contributed by atoms with Crippen molar-refractivity contribution >= 4 is 33.1 Å². The Balaban J connectivity index is 1.68. The zero-order valence-corrected chi connectivity index (χ0v) is 15.3. The Hall–Kier alpha value is -2.74. The van der Waals surface area contributed by atoms with Crippen LogP contribution in [0.3, 0.4) is 0 Å². The predicted molar refractivity (Wildman–Crippen MR) is 101 cm³/mol. The number of nitrogens with zero attached hydrogens (tertiary/aromatic N) is 2. The minimum absolute atomic E-state index is 0.0416. The number of sulfonamides is 1. The summed E-state index contributed by atoms with van der Waals surface area (Å²) in [6.45, 7) is 0.711.